The van der Waals surface area contributed by atoms with E-state index >= 15 is 0 Å². The van der Waals surface area contributed by atoms with E-state index in [1.807, 2.05) is 0 Å². The van der Waals surface area contributed by atoms with Gasteiger partial charge in [-0.1, -0.05) is 24.4 Å². The van der Waals surface area contributed by atoms with Gasteiger partial charge in [0.2, 0.25) is 5.89 Å². The molecule has 2 heterocycles. The van der Waals surface area contributed by atoms with Crippen molar-refractivity contribution in [2.75, 3.05) is 6.54 Å². The van der Waals surface area contributed by atoms with Crippen LogP contribution in [0.15, 0.2) is 4.52 Å². The van der Waals surface area contributed by atoms with Crippen molar-refractivity contribution >= 4 is 0 Å². The Balaban J connectivity index is 1.77. The highest BCUT2D eigenvalue weighted by Gasteiger charge is 2.48. The number of nitrogens with zero attached hydrogens (tertiary/aromatic N) is 2. The highest BCUT2D eigenvalue weighted by molar-refractivity contribution is 5.03. The van der Waals surface area contributed by atoms with Crippen molar-refractivity contribution in [3.8, 4) is 0 Å². The van der Waals surface area contributed by atoms with Crippen molar-refractivity contribution in [3.63, 3.8) is 0 Å². The van der Waals surface area contributed by atoms with E-state index in [1.165, 1.54) is 0 Å². The molecule has 1 N–H and O–H groups in total. The maximum Gasteiger partial charge on any atom is 0.392 e. The summed E-state index contributed by atoms with van der Waals surface area (Å²) in [5.41, 5.74) is 0. The first kappa shape index (κ1) is 14.8. The molecule has 1 saturated carbocycles. The largest absolute Gasteiger partial charge is 0.392 e. The van der Waals surface area contributed by atoms with Gasteiger partial charge in [-0.15, -0.1) is 0 Å². The number of nitrogens with one attached hydrogen (secondary N) is 1. The summed E-state index contributed by atoms with van der Waals surface area (Å²) in [4.78, 5) is 4.28. The summed E-state index contributed by atoms with van der Waals surface area (Å²) < 4.78 is 44.6. The quantitative estimate of drug-likeness (QED) is 0.904. The van der Waals surface area contributed by atoms with Gasteiger partial charge in [-0.2, -0.15) is 18.2 Å². The minimum Gasteiger partial charge on any atom is -0.339 e. The molecule has 3 atom stereocenters. The third kappa shape index (κ3) is 3.22. The molecular weight excluding hydrogens is 283 g/mol. The van der Waals surface area contributed by atoms with Crippen LogP contribution in [-0.4, -0.2) is 22.9 Å². The fourth-order valence-electron chi connectivity index (χ4n) is 3.43. The molecule has 0 bridgehead atoms. The average molecular weight is 303 g/mol. The summed E-state index contributed by atoms with van der Waals surface area (Å²) in [5.74, 6) is -1.35. The van der Waals surface area contributed by atoms with E-state index in [-0.39, 0.29) is 18.4 Å². The van der Waals surface area contributed by atoms with E-state index in [2.05, 4.69) is 15.5 Å². The average Bonchev–Trinajstić information content (AvgIpc) is 2.97. The third-order valence-corrected chi connectivity index (χ3v) is 4.58. The molecule has 7 heteroatoms. The first-order valence-electron chi connectivity index (χ1n) is 7.69. The molecule has 3 rings (SSSR count). The molecule has 3 unspecified atom stereocenters. The maximum atomic E-state index is 13.1. The normalized spacial score (nSPS) is 31.3. The van der Waals surface area contributed by atoms with Crippen molar-refractivity contribution in [2.24, 2.45) is 5.92 Å². The molecule has 21 heavy (non-hydrogen) atoms. The van der Waals surface area contributed by atoms with Crippen LogP contribution in [0.5, 0.6) is 0 Å². The molecule has 2 fully saturated rings. The zero-order valence-corrected chi connectivity index (χ0v) is 11.8. The molecule has 118 valence electrons. The van der Waals surface area contributed by atoms with E-state index in [4.69, 9.17) is 4.52 Å². The minimum absolute atomic E-state index is 0.0178. The van der Waals surface area contributed by atoms with Crippen molar-refractivity contribution < 1.29 is 17.7 Å². The molecule has 1 aliphatic carbocycles. The minimum atomic E-state index is -4.19. The lowest BCUT2D eigenvalue weighted by Gasteiger charge is -2.30. The summed E-state index contributed by atoms with van der Waals surface area (Å²) in [6.07, 6.45) is 0.950. The molecule has 4 nitrogen and oxygen atoms in total. The van der Waals surface area contributed by atoms with E-state index in [9.17, 15) is 13.2 Å². The van der Waals surface area contributed by atoms with Gasteiger partial charge in [0, 0.05) is 5.92 Å². The Morgan fingerprint density at radius 1 is 1.05 bits per heavy atom. The molecule has 0 amide bonds. The van der Waals surface area contributed by atoms with Crippen LogP contribution >= 0.6 is 0 Å². The van der Waals surface area contributed by atoms with Gasteiger partial charge in [-0.25, -0.2) is 0 Å². The second kappa shape index (κ2) is 5.94. The van der Waals surface area contributed by atoms with Crippen LogP contribution < -0.4 is 5.32 Å². The zero-order valence-electron chi connectivity index (χ0n) is 11.8. The van der Waals surface area contributed by atoms with Crippen molar-refractivity contribution in [2.45, 2.75) is 63.1 Å². The number of aromatic nitrogens is 2. The molecule has 1 aliphatic heterocycles. The monoisotopic (exact) mass is 303 g/mol. The Kier molecular flexibility index (Phi) is 4.19. The van der Waals surface area contributed by atoms with Crippen LogP contribution in [0.2, 0.25) is 0 Å². The summed E-state index contributed by atoms with van der Waals surface area (Å²) in [7, 11) is 0. The van der Waals surface area contributed by atoms with Gasteiger partial charge in [-0.05, 0) is 32.2 Å². The summed E-state index contributed by atoms with van der Waals surface area (Å²) in [6.45, 7) is 0.892. The summed E-state index contributed by atoms with van der Waals surface area (Å²) >= 11 is 0. The molecule has 2 aliphatic rings. The molecule has 0 spiro atoms. The first-order chi connectivity index (χ1) is 10.1. The van der Waals surface area contributed by atoms with Crippen molar-refractivity contribution in [3.05, 3.63) is 11.7 Å². The molecule has 0 radical (unpaired) electrons. The Bertz CT molecular complexity index is 468. The van der Waals surface area contributed by atoms with E-state index < -0.39 is 18.0 Å². The highest BCUT2D eigenvalue weighted by atomic mass is 19.4. The lowest BCUT2D eigenvalue weighted by molar-refractivity contribution is -0.189. The van der Waals surface area contributed by atoms with E-state index in [0.29, 0.717) is 18.7 Å². The standard InChI is InChI=1S/C14H20F3N3O/c15-14(16,17)10-6-2-1-5-9(10)13-19-12(20-21-13)11-7-3-4-8-18-11/h9-11,18H,1-8H2. The van der Waals surface area contributed by atoms with Crippen molar-refractivity contribution in [1.29, 1.82) is 0 Å². The number of piperidine rings is 1. The second-order valence-corrected chi connectivity index (χ2v) is 6.03. The highest BCUT2D eigenvalue weighted by Crippen LogP contribution is 2.46. The second-order valence-electron chi connectivity index (χ2n) is 6.03. The molecular formula is C14H20F3N3O. The Morgan fingerprint density at radius 2 is 1.81 bits per heavy atom. The Morgan fingerprint density at radius 3 is 2.52 bits per heavy atom. The number of hydrogen-bond donors (Lipinski definition) is 1. The lowest BCUT2D eigenvalue weighted by Crippen LogP contribution is -2.32. The van der Waals surface area contributed by atoms with Gasteiger partial charge < -0.3 is 9.84 Å². The predicted octanol–water partition coefficient (Wildman–Crippen LogP) is 3.72. The fraction of sp³-hybridized carbons (Fsp3) is 0.857. The summed E-state index contributed by atoms with van der Waals surface area (Å²) in [6, 6.07) is 0.0178. The van der Waals surface area contributed by atoms with Crippen LogP contribution in [-0.2, 0) is 0 Å². The van der Waals surface area contributed by atoms with Crippen molar-refractivity contribution in [1.82, 2.24) is 15.5 Å². The van der Waals surface area contributed by atoms with Gasteiger partial charge in [0.25, 0.3) is 0 Å². The smallest absolute Gasteiger partial charge is 0.339 e. The van der Waals surface area contributed by atoms with E-state index in [1.54, 1.807) is 0 Å². The predicted molar refractivity (Wildman–Crippen MR) is 69.6 cm³/mol. The van der Waals surface area contributed by atoms with Crippen LogP contribution in [0.3, 0.4) is 0 Å². The van der Waals surface area contributed by atoms with Crippen LogP contribution in [0.25, 0.3) is 0 Å². The number of rotatable bonds is 2. The van der Waals surface area contributed by atoms with Crippen LogP contribution in [0.1, 0.15) is 68.6 Å². The van der Waals surface area contributed by atoms with Gasteiger partial charge in [0.1, 0.15) is 0 Å². The Hall–Kier alpha value is -1.11. The van der Waals surface area contributed by atoms with E-state index in [0.717, 1.165) is 32.2 Å². The van der Waals surface area contributed by atoms with Gasteiger partial charge in [-0.3, -0.25) is 0 Å². The topological polar surface area (TPSA) is 51.0 Å². The SMILES string of the molecule is FC(F)(F)C1CCCCC1c1nc(C2CCCCN2)no1. The fourth-order valence-corrected chi connectivity index (χ4v) is 3.43. The summed E-state index contributed by atoms with van der Waals surface area (Å²) in [5, 5.41) is 7.20. The number of hydrogen-bond acceptors (Lipinski definition) is 4. The van der Waals surface area contributed by atoms with Crippen LogP contribution in [0, 0.1) is 5.92 Å². The third-order valence-electron chi connectivity index (χ3n) is 4.58. The van der Waals surface area contributed by atoms with Gasteiger partial charge in [0.05, 0.1) is 12.0 Å². The number of halogens is 3. The van der Waals surface area contributed by atoms with Gasteiger partial charge in [0.15, 0.2) is 5.82 Å². The number of alkyl halides is 3. The molecule has 1 aromatic heterocycles. The maximum absolute atomic E-state index is 13.1. The first-order valence-corrected chi connectivity index (χ1v) is 7.69. The van der Waals surface area contributed by atoms with Crippen LogP contribution in [0.4, 0.5) is 13.2 Å². The van der Waals surface area contributed by atoms with Gasteiger partial charge >= 0.3 is 6.18 Å². The molecule has 0 aromatic carbocycles. The lowest BCUT2D eigenvalue weighted by atomic mass is 9.78. The Labute approximate surface area is 121 Å². The zero-order chi connectivity index (χ0) is 14.9. The molecule has 1 aromatic rings. The molecule has 1 saturated heterocycles.